The zero-order valence-corrected chi connectivity index (χ0v) is 16.3. The Morgan fingerprint density at radius 2 is 1.86 bits per heavy atom. The highest BCUT2D eigenvalue weighted by molar-refractivity contribution is 7.13. The lowest BCUT2D eigenvalue weighted by atomic mass is 10.1. The van der Waals surface area contributed by atoms with Gasteiger partial charge < -0.3 is 15.4 Å². The SMILES string of the molecule is COCc1nnc(C(=O)Nc2cccc(C(=O)NC(C)c3ccccc3)c2)s1. The first kappa shape index (κ1) is 19.7. The van der Waals surface area contributed by atoms with Gasteiger partial charge in [0.1, 0.15) is 5.01 Å². The number of ether oxygens (including phenoxy) is 1. The molecule has 144 valence electrons. The summed E-state index contributed by atoms with van der Waals surface area (Å²) < 4.78 is 4.98. The average molecular weight is 396 g/mol. The van der Waals surface area contributed by atoms with Gasteiger partial charge in [-0.15, -0.1) is 10.2 Å². The molecule has 0 aliphatic rings. The predicted octanol–water partition coefficient (Wildman–Crippen LogP) is 3.43. The van der Waals surface area contributed by atoms with Crippen LogP contribution in [0.3, 0.4) is 0 Å². The minimum absolute atomic E-state index is 0.132. The van der Waals surface area contributed by atoms with E-state index in [1.807, 2.05) is 37.3 Å². The number of benzene rings is 2. The summed E-state index contributed by atoms with van der Waals surface area (Å²) in [7, 11) is 1.55. The van der Waals surface area contributed by atoms with Gasteiger partial charge in [0.25, 0.3) is 11.8 Å². The van der Waals surface area contributed by atoms with E-state index >= 15 is 0 Å². The van der Waals surface area contributed by atoms with Crippen molar-refractivity contribution in [3.8, 4) is 0 Å². The van der Waals surface area contributed by atoms with E-state index in [-0.39, 0.29) is 22.9 Å². The molecule has 3 aromatic rings. The number of aromatic nitrogens is 2. The summed E-state index contributed by atoms with van der Waals surface area (Å²) in [6.07, 6.45) is 0. The Hall–Kier alpha value is -3.10. The standard InChI is InChI=1S/C20H20N4O3S/c1-13(14-7-4-3-5-8-14)21-18(25)15-9-6-10-16(11-15)22-19(26)20-24-23-17(28-20)12-27-2/h3-11,13H,12H2,1-2H3,(H,21,25)(H,22,26). The number of rotatable bonds is 7. The van der Waals surface area contributed by atoms with E-state index in [0.29, 0.717) is 22.9 Å². The highest BCUT2D eigenvalue weighted by atomic mass is 32.1. The number of nitrogens with zero attached hydrogens (tertiary/aromatic N) is 2. The summed E-state index contributed by atoms with van der Waals surface area (Å²) in [6, 6.07) is 16.3. The zero-order valence-electron chi connectivity index (χ0n) is 15.5. The third-order valence-electron chi connectivity index (χ3n) is 3.96. The number of anilines is 1. The van der Waals surface area contributed by atoms with Crippen molar-refractivity contribution in [2.24, 2.45) is 0 Å². The van der Waals surface area contributed by atoms with Crippen LogP contribution in [0, 0.1) is 0 Å². The lowest BCUT2D eigenvalue weighted by Crippen LogP contribution is -2.26. The Labute approximate surface area is 166 Å². The number of hydrogen-bond donors (Lipinski definition) is 2. The number of hydrogen-bond acceptors (Lipinski definition) is 6. The molecule has 2 amide bonds. The lowest BCUT2D eigenvalue weighted by molar-refractivity contribution is 0.0938. The first-order chi connectivity index (χ1) is 13.6. The van der Waals surface area contributed by atoms with E-state index in [2.05, 4.69) is 20.8 Å². The largest absolute Gasteiger partial charge is 0.377 e. The van der Waals surface area contributed by atoms with Crippen LogP contribution in [-0.4, -0.2) is 29.1 Å². The molecule has 0 spiro atoms. The summed E-state index contributed by atoms with van der Waals surface area (Å²) in [5.74, 6) is -0.596. The second kappa shape index (κ2) is 9.20. The van der Waals surface area contributed by atoms with E-state index in [9.17, 15) is 9.59 Å². The first-order valence-corrected chi connectivity index (χ1v) is 9.47. The van der Waals surface area contributed by atoms with Crippen molar-refractivity contribution in [3.05, 3.63) is 75.7 Å². The van der Waals surface area contributed by atoms with Crippen molar-refractivity contribution < 1.29 is 14.3 Å². The Morgan fingerprint density at radius 3 is 2.61 bits per heavy atom. The van der Waals surface area contributed by atoms with Gasteiger partial charge in [-0.25, -0.2) is 0 Å². The molecule has 7 nitrogen and oxygen atoms in total. The van der Waals surface area contributed by atoms with E-state index < -0.39 is 0 Å². The number of nitrogens with one attached hydrogen (secondary N) is 2. The maximum atomic E-state index is 12.6. The molecule has 0 bridgehead atoms. The van der Waals surface area contributed by atoms with E-state index in [1.54, 1.807) is 31.4 Å². The van der Waals surface area contributed by atoms with Crippen LogP contribution < -0.4 is 10.6 Å². The third kappa shape index (κ3) is 4.99. The molecule has 0 saturated heterocycles. The lowest BCUT2D eigenvalue weighted by Gasteiger charge is -2.14. The van der Waals surface area contributed by atoms with Crippen LogP contribution >= 0.6 is 11.3 Å². The van der Waals surface area contributed by atoms with Gasteiger partial charge in [-0.05, 0) is 30.7 Å². The molecule has 2 aromatic carbocycles. The molecule has 1 heterocycles. The molecule has 1 unspecified atom stereocenters. The fraction of sp³-hybridized carbons (Fsp3) is 0.200. The number of amides is 2. The van der Waals surface area contributed by atoms with Crippen LogP contribution in [0.5, 0.6) is 0 Å². The quantitative estimate of drug-likeness (QED) is 0.638. The minimum Gasteiger partial charge on any atom is -0.377 e. The van der Waals surface area contributed by atoms with Crippen molar-refractivity contribution in [2.75, 3.05) is 12.4 Å². The highest BCUT2D eigenvalue weighted by Gasteiger charge is 2.15. The maximum Gasteiger partial charge on any atom is 0.286 e. The molecule has 0 saturated carbocycles. The molecule has 0 aliphatic heterocycles. The molecular formula is C20H20N4O3S. The second-order valence-electron chi connectivity index (χ2n) is 6.07. The van der Waals surface area contributed by atoms with Gasteiger partial charge in [-0.2, -0.15) is 0 Å². The van der Waals surface area contributed by atoms with Crippen molar-refractivity contribution in [1.29, 1.82) is 0 Å². The summed E-state index contributed by atoms with van der Waals surface area (Å²) >= 11 is 1.16. The minimum atomic E-state index is -0.380. The van der Waals surface area contributed by atoms with Crippen molar-refractivity contribution in [2.45, 2.75) is 19.6 Å². The Morgan fingerprint density at radius 1 is 1.07 bits per heavy atom. The highest BCUT2D eigenvalue weighted by Crippen LogP contribution is 2.17. The smallest absolute Gasteiger partial charge is 0.286 e. The fourth-order valence-corrected chi connectivity index (χ4v) is 3.26. The van der Waals surface area contributed by atoms with Gasteiger partial charge in [0.2, 0.25) is 5.01 Å². The summed E-state index contributed by atoms with van der Waals surface area (Å²) in [5, 5.41) is 14.3. The average Bonchev–Trinajstić information content (AvgIpc) is 3.18. The van der Waals surface area contributed by atoms with Crippen LogP contribution in [0.2, 0.25) is 0 Å². The van der Waals surface area contributed by atoms with Gasteiger partial charge in [0.15, 0.2) is 0 Å². The zero-order chi connectivity index (χ0) is 19.9. The Balaban J connectivity index is 1.65. The molecule has 8 heteroatoms. The maximum absolute atomic E-state index is 12.6. The fourth-order valence-electron chi connectivity index (χ4n) is 2.55. The van der Waals surface area contributed by atoms with Crippen LogP contribution in [0.25, 0.3) is 0 Å². The molecule has 2 N–H and O–H groups in total. The topological polar surface area (TPSA) is 93.2 Å². The Kier molecular flexibility index (Phi) is 6.46. The molecule has 1 aromatic heterocycles. The summed E-state index contributed by atoms with van der Waals surface area (Å²) in [5.41, 5.74) is 1.98. The van der Waals surface area contributed by atoms with Crippen molar-refractivity contribution >= 4 is 28.8 Å². The molecule has 0 fully saturated rings. The van der Waals surface area contributed by atoms with Gasteiger partial charge in [-0.1, -0.05) is 47.7 Å². The molecule has 0 aliphatic carbocycles. The summed E-state index contributed by atoms with van der Waals surface area (Å²) in [6.45, 7) is 2.23. The van der Waals surface area contributed by atoms with Crippen LogP contribution in [0.4, 0.5) is 5.69 Å². The molecule has 28 heavy (non-hydrogen) atoms. The normalized spacial score (nSPS) is 11.6. The number of carbonyl (C=O) groups is 2. The van der Waals surface area contributed by atoms with Crippen LogP contribution in [-0.2, 0) is 11.3 Å². The van der Waals surface area contributed by atoms with Crippen molar-refractivity contribution in [3.63, 3.8) is 0 Å². The second-order valence-corrected chi connectivity index (χ2v) is 7.14. The van der Waals surface area contributed by atoms with Gasteiger partial charge in [0, 0.05) is 18.4 Å². The predicted molar refractivity (Wildman–Crippen MR) is 107 cm³/mol. The third-order valence-corrected chi connectivity index (χ3v) is 4.85. The first-order valence-electron chi connectivity index (χ1n) is 8.65. The van der Waals surface area contributed by atoms with Gasteiger partial charge in [-0.3, -0.25) is 9.59 Å². The van der Waals surface area contributed by atoms with E-state index in [1.165, 1.54) is 0 Å². The number of methoxy groups -OCH3 is 1. The molecule has 3 rings (SSSR count). The van der Waals surface area contributed by atoms with Crippen LogP contribution in [0.1, 0.15) is 43.7 Å². The van der Waals surface area contributed by atoms with Gasteiger partial charge in [0.05, 0.1) is 12.6 Å². The molecule has 0 radical (unpaired) electrons. The van der Waals surface area contributed by atoms with E-state index in [4.69, 9.17) is 4.74 Å². The molecule has 1 atom stereocenters. The van der Waals surface area contributed by atoms with Gasteiger partial charge >= 0.3 is 0 Å². The molecular weight excluding hydrogens is 376 g/mol. The number of carbonyl (C=O) groups excluding carboxylic acids is 2. The van der Waals surface area contributed by atoms with E-state index in [0.717, 1.165) is 16.9 Å². The monoisotopic (exact) mass is 396 g/mol. The van der Waals surface area contributed by atoms with Crippen LogP contribution in [0.15, 0.2) is 54.6 Å². The van der Waals surface area contributed by atoms with Crippen molar-refractivity contribution in [1.82, 2.24) is 15.5 Å². The summed E-state index contributed by atoms with van der Waals surface area (Å²) in [4.78, 5) is 24.9. The Bertz CT molecular complexity index is 959.